The van der Waals surface area contributed by atoms with Crippen molar-refractivity contribution in [1.82, 2.24) is 19.7 Å². The lowest BCUT2D eigenvalue weighted by atomic mass is 9.74. The first-order valence-corrected chi connectivity index (χ1v) is 8.84. The quantitative estimate of drug-likeness (QED) is 0.911. The highest BCUT2D eigenvalue weighted by atomic mass is 16.5. The van der Waals surface area contributed by atoms with Gasteiger partial charge in [0.05, 0.1) is 11.9 Å². The first-order chi connectivity index (χ1) is 12.2. The Labute approximate surface area is 147 Å². The van der Waals surface area contributed by atoms with Crippen LogP contribution in [0.2, 0.25) is 0 Å². The number of pyridine rings is 1. The van der Waals surface area contributed by atoms with Gasteiger partial charge < -0.3 is 15.0 Å². The molecule has 0 radical (unpaired) electrons. The van der Waals surface area contributed by atoms with E-state index in [1.165, 1.54) is 6.42 Å². The number of anilines is 1. The van der Waals surface area contributed by atoms with Crippen LogP contribution in [0.15, 0.2) is 36.8 Å². The lowest BCUT2D eigenvalue weighted by Gasteiger charge is -2.44. The second-order valence-electron chi connectivity index (χ2n) is 6.92. The van der Waals surface area contributed by atoms with Gasteiger partial charge in [0.15, 0.2) is 5.82 Å². The minimum Gasteiger partial charge on any atom is -0.381 e. The summed E-state index contributed by atoms with van der Waals surface area (Å²) in [5, 5.41) is 7.12. The summed E-state index contributed by atoms with van der Waals surface area (Å²) in [5.41, 5.74) is 0.947. The van der Waals surface area contributed by atoms with Gasteiger partial charge in [-0.1, -0.05) is 0 Å². The Bertz CT molecular complexity index is 702. The van der Waals surface area contributed by atoms with Crippen LogP contribution in [0.5, 0.6) is 0 Å². The zero-order chi connectivity index (χ0) is 17.1. The summed E-state index contributed by atoms with van der Waals surface area (Å²) in [5.74, 6) is 0.724. The topological polar surface area (TPSA) is 72.3 Å². The summed E-state index contributed by atoms with van der Waals surface area (Å²) < 4.78 is 7.18. The van der Waals surface area contributed by atoms with Gasteiger partial charge in [0.25, 0.3) is 0 Å². The van der Waals surface area contributed by atoms with Crippen LogP contribution in [-0.4, -0.2) is 52.0 Å². The van der Waals surface area contributed by atoms with E-state index in [0.717, 1.165) is 51.4 Å². The zero-order valence-corrected chi connectivity index (χ0v) is 14.2. The first kappa shape index (κ1) is 16.1. The van der Waals surface area contributed by atoms with Gasteiger partial charge in [0.1, 0.15) is 0 Å². The number of amides is 2. The standard InChI is InChI=1S/C18H23N5O2/c24-17(22-9-1-5-18(14-22)6-11-25-12-7-18)21-15-3-4-16(19-13-15)23-10-2-8-20-23/h2-4,8,10,13H,1,5-7,9,11-12,14H2,(H,21,24). The number of carbonyl (C=O) groups excluding carboxylic acids is 1. The number of urea groups is 1. The number of nitrogens with zero attached hydrogens (tertiary/aromatic N) is 4. The van der Waals surface area contributed by atoms with E-state index in [-0.39, 0.29) is 11.4 Å². The molecule has 0 saturated carbocycles. The molecule has 0 unspecified atom stereocenters. The molecule has 2 aromatic rings. The van der Waals surface area contributed by atoms with Crippen LogP contribution in [0.25, 0.3) is 5.82 Å². The molecule has 2 fully saturated rings. The number of carbonyl (C=O) groups is 1. The predicted molar refractivity (Wildman–Crippen MR) is 93.7 cm³/mol. The molecule has 132 valence electrons. The molecule has 7 nitrogen and oxygen atoms in total. The van der Waals surface area contributed by atoms with Crippen LogP contribution in [0.3, 0.4) is 0 Å². The van der Waals surface area contributed by atoms with Gasteiger partial charge in [-0.15, -0.1) is 0 Å². The van der Waals surface area contributed by atoms with Crippen LogP contribution in [0.1, 0.15) is 25.7 Å². The lowest BCUT2D eigenvalue weighted by Crippen LogP contribution is -2.49. The molecule has 2 aromatic heterocycles. The van der Waals surface area contributed by atoms with Crippen LogP contribution >= 0.6 is 0 Å². The highest BCUT2D eigenvalue weighted by Crippen LogP contribution is 2.39. The fraction of sp³-hybridized carbons (Fsp3) is 0.500. The maximum Gasteiger partial charge on any atom is 0.321 e. The Morgan fingerprint density at radius 2 is 2.12 bits per heavy atom. The maximum absolute atomic E-state index is 12.6. The van der Waals surface area contributed by atoms with Crippen molar-refractivity contribution in [2.24, 2.45) is 5.41 Å². The highest BCUT2D eigenvalue weighted by molar-refractivity contribution is 5.89. The van der Waals surface area contributed by atoms with Gasteiger partial charge in [-0.2, -0.15) is 5.10 Å². The zero-order valence-electron chi connectivity index (χ0n) is 14.2. The molecule has 0 atom stereocenters. The summed E-state index contributed by atoms with van der Waals surface area (Å²) in [6, 6.07) is 5.51. The summed E-state index contributed by atoms with van der Waals surface area (Å²) in [6.07, 6.45) is 9.57. The van der Waals surface area contributed by atoms with Crippen molar-refractivity contribution >= 4 is 11.7 Å². The van der Waals surface area contributed by atoms with Gasteiger partial charge in [-0.25, -0.2) is 14.5 Å². The number of hydrogen-bond acceptors (Lipinski definition) is 4. The molecule has 2 aliphatic heterocycles. The second-order valence-corrected chi connectivity index (χ2v) is 6.92. The van der Waals surface area contributed by atoms with Crippen molar-refractivity contribution in [2.75, 3.05) is 31.6 Å². The fourth-order valence-corrected chi connectivity index (χ4v) is 3.80. The molecule has 4 heterocycles. The molecule has 1 spiro atoms. The average molecular weight is 341 g/mol. The number of hydrogen-bond donors (Lipinski definition) is 1. The third-order valence-corrected chi connectivity index (χ3v) is 5.24. The number of rotatable bonds is 2. The normalized spacial score (nSPS) is 19.8. The Balaban J connectivity index is 1.39. The lowest BCUT2D eigenvalue weighted by molar-refractivity contribution is -0.0175. The molecule has 4 rings (SSSR count). The minimum atomic E-state index is -0.0424. The van der Waals surface area contributed by atoms with E-state index in [1.54, 1.807) is 17.1 Å². The monoisotopic (exact) mass is 341 g/mol. The number of likely N-dealkylation sites (tertiary alicyclic amines) is 1. The third-order valence-electron chi connectivity index (χ3n) is 5.24. The minimum absolute atomic E-state index is 0.0424. The van der Waals surface area contributed by atoms with E-state index in [2.05, 4.69) is 15.4 Å². The van der Waals surface area contributed by atoms with Crippen molar-refractivity contribution in [1.29, 1.82) is 0 Å². The molecule has 0 aliphatic carbocycles. The number of aromatic nitrogens is 3. The SMILES string of the molecule is O=C(Nc1ccc(-n2cccn2)nc1)N1CCCC2(CCOCC2)C1. The van der Waals surface area contributed by atoms with Crippen molar-refractivity contribution < 1.29 is 9.53 Å². The van der Waals surface area contributed by atoms with Crippen molar-refractivity contribution in [3.8, 4) is 5.82 Å². The summed E-state index contributed by atoms with van der Waals surface area (Å²) >= 11 is 0. The van der Waals surface area contributed by atoms with Gasteiger partial charge >= 0.3 is 6.03 Å². The van der Waals surface area contributed by atoms with Gasteiger partial charge in [-0.3, -0.25) is 0 Å². The Morgan fingerprint density at radius 3 is 2.84 bits per heavy atom. The van der Waals surface area contributed by atoms with Crippen molar-refractivity contribution in [3.05, 3.63) is 36.8 Å². The third kappa shape index (κ3) is 3.51. The molecule has 2 aliphatic rings. The van der Waals surface area contributed by atoms with E-state index in [9.17, 15) is 4.79 Å². The smallest absolute Gasteiger partial charge is 0.321 e. The maximum atomic E-state index is 12.6. The number of nitrogens with one attached hydrogen (secondary N) is 1. The second kappa shape index (κ2) is 6.84. The Morgan fingerprint density at radius 1 is 1.24 bits per heavy atom. The van der Waals surface area contributed by atoms with E-state index < -0.39 is 0 Å². The van der Waals surface area contributed by atoms with Crippen LogP contribution < -0.4 is 5.32 Å². The van der Waals surface area contributed by atoms with Gasteiger partial charge in [0.2, 0.25) is 0 Å². The van der Waals surface area contributed by atoms with Crippen molar-refractivity contribution in [3.63, 3.8) is 0 Å². The van der Waals surface area contributed by atoms with Crippen LogP contribution in [-0.2, 0) is 4.74 Å². The largest absolute Gasteiger partial charge is 0.381 e. The number of ether oxygens (including phenoxy) is 1. The molecule has 0 bridgehead atoms. The molecule has 2 amide bonds. The fourth-order valence-electron chi connectivity index (χ4n) is 3.80. The van der Waals surface area contributed by atoms with Crippen molar-refractivity contribution in [2.45, 2.75) is 25.7 Å². The molecular formula is C18H23N5O2. The predicted octanol–water partition coefficient (Wildman–Crippen LogP) is 2.69. The van der Waals surface area contributed by atoms with E-state index >= 15 is 0 Å². The molecule has 7 heteroatoms. The molecule has 1 N–H and O–H groups in total. The summed E-state index contributed by atoms with van der Waals surface area (Å²) in [7, 11) is 0. The van der Waals surface area contributed by atoms with Gasteiger partial charge in [0, 0.05) is 38.7 Å². The Kier molecular flexibility index (Phi) is 4.40. The first-order valence-electron chi connectivity index (χ1n) is 8.84. The number of piperidine rings is 1. The summed E-state index contributed by atoms with van der Waals surface area (Å²) in [6.45, 7) is 3.26. The summed E-state index contributed by atoms with van der Waals surface area (Å²) in [4.78, 5) is 18.9. The average Bonchev–Trinajstić information content (AvgIpc) is 3.18. The Hall–Kier alpha value is -2.41. The van der Waals surface area contributed by atoms with Crippen LogP contribution in [0.4, 0.5) is 10.5 Å². The molecular weight excluding hydrogens is 318 g/mol. The highest BCUT2D eigenvalue weighted by Gasteiger charge is 2.38. The van der Waals surface area contributed by atoms with E-state index in [1.807, 2.05) is 29.3 Å². The molecule has 0 aromatic carbocycles. The van der Waals surface area contributed by atoms with Crippen LogP contribution in [0, 0.1) is 5.41 Å². The van der Waals surface area contributed by atoms with Gasteiger partial charge in [-0.05, 0) is 49.3 Å². The molecule has 25 heavy (non-hydrogen) atoms. The molecule has 2 saturated heterocycles. The van der Waals surface area contributed by atoms with E-state index in [0.29, 0.717) is 5.69 Å². The van der Waals surface area contributed by atoms with E-state index in [4.69, 9.17) is 4.74 Å².